The van der Waals surface area contributed by atoms with Gasteiger partial charge in [0.25, 0.3) is 0 Å². The van der Waals surface area contributed by atoms with E-state index in [9.17, 15) is 17.6 Å². The van der Waals surface area contributed by atoms with Crippen molar-refractivity contribution in [2.45, 2.75) is 12.1 Å². The molecule has 6 heteroatoms. The number of benzene rings is 1. The minimum Gasteiger partial charge on any atom is -0.375 e. The Labute approximate surface area is 97.0 Å². The van der Waals surface area contributed by atoms with Gasteiger partial charge in [0.1, 0.15) is 5.82 Å². The number of hydrogen-bond acceptors (Lipinski definition) is 2. The van der Waals surface area contributed by atoms with Crippen LogP contribution in [0.15, 0.2) is 18.2 Å². The molecule has 2 N–H and O–H groups in total. The van der Waals surface area contributed by atoms with E-state index in [2.05, 4.69) is 0 Å². The molecule has 0 saturated carbocycles. The fraction of sp³-hybridized carbons (Fsp3) is 0.455. The molecule has 1 aromatic rings. The van der Waals surface area contributed by atoms with Crippen LogP contribution in [-0.2, 0) is 0 Å². The fourth-order valence-corrected chi connectivity index (χ4v) is 1.56. The summed E-state index contributed by atoms with van der Waals surface area (Å²) in [5, 5.41) is 0. The molecule has 1 unspecified atom stereocenters. The van der Waals surface area contributed by atoms with Crippen molar-refractivity contribution >= 4 is 5.69 Å². The number of anilines is 1. The molecular weight excluding hydrogens is 236 g/mol. The standard InChI is InChI=1S/C11H14F4N2/c1-17(2)10-4-3-7(5-9(10)12)8(6-16)11(13,14)15/h3-5,8H,6,16H2,1-2H3. The first-order chi connectivity index (χ1) is 7.77. The van der Waals surface area contributed by atoms with Crippen LogP contribution in [0.3, 0.4) is 0 Å². The van der Waals surface area contributed by atoms with Gasteiger partial charge >= 0.3 is 6.18 Å². The van der Waals surface area contributed by atoms with Gasteiger partial charge in [0.15, 0.2) is 0 Å². The summed E-state index contributed by atoms with van der Waals surface area (Å²) in [6.07, 6.45) is -4.46. The van der Waals surface area contributed by atoms with Crippen LogP contribution in [0.5, 0.6) is 0 Å². The first-order valence-electron chi connectivity index (χ1n) is 5.01. The van der Waals surface area contributed by atoms with Gasteiger partial charge in [-0.3, -0.25) is 0 Å². The topological polar surface area (TPSA) is 29.3 Å². The number of halogens is 4. The summed E-state index contributed by atoms with van der Waals surface area (Å²) in [6.45, 7) is -0.593. The van der Waals surface area contributed by atoms with Crippen molar-refractivity contribution in [1.29, 1.82) is 0 Å². The van der Waals surface area contributed by atoms with E-state index in [0.717, 1.165) is 6.07 Å². The highest BCUT2D eigenvalue weighted by molar-refractivity contribution is 5.48. The van der Waals surface area contributed by atoms with Gasteiger partial charge in [-0.05, 0) is 17.7 Å². The minimum absolute atomic E-state index is 0.150. The zero-order valence-electron chi connectivity index (χ0n) is 9.55. The Morgan fingerprint density at radius 1 is 1.29 bits per heavy atom. The molecule has 0 amide bonds. The van der Waals surface area contributed by atoms with Gasteiger partial charge in [0.2, 0.25) is 0 Å². The van der Waals surface area contributed by atoms with Crippen molar-refractivity contribution in [3.8, 4) is 0 Å². The molecule has 0 aliphatic carbocycles. The molecule has 0 radical (unpaired) electrons. The van der Waals surface area contributed by atoms with Crippen LogP contribution >= 0.6 is 0 Å². The highest BCUT2D eigenvalue weighted by Crippen LogP contribution is 2.35. The summed E-state index contributed by atoms with van der Waals surface area (Å²) in [5.41, 5.74) is 5.18. The predicted octanol–water partition coefficient (Wildman–Crippen LogP) is 2.50. The van der Waals surface area contributed by atoms with Crippen LogP contribution in [0.2, 0.25) is 0 Å². The average Bonchev–Trinajstić information content (AvgIpc) is 2.15. The van der Waals surface area contributed by atoms with Crippen LogP contribution in [0.1, 0.15) is 11.5 Å². The Bertz CT molecular complexity index is 388. The van der Waals surface area contributed by atoms with Crippen LogP contribution in [0.4, 0.5) is 23.2 Å². The number of nitrogens with two attached hydrogens (primary N) is 1. The number of hydrogen-bond donors (Lipinski definition) is 1. The summed E-state index contributed by atoms with van der Waals surface area (Å²) in [7, 11) is 3.23. The van der Waals surface area contributed by atoms with E-state index in [4.69, 9.17) is 5.73 Å². The van der Waals surface area contributed by atoms with Crippen LogP contribution in [0.25, 0.3) is 0 Å². The van der Waals surface area contributed by atoms with E-state index in [1.807, 2.05) is 0 Å². The van der Waals surface area contributed by atoms with Gasteiger partial charge in [-0.2, -0.15) is 13.2 Å². The Morgan fingerprint density at radius 3 is 2.24 bits per heavy atom. The van der Waals surface area contributed by atoms with E-state index in [0.29, 0.717) is 0 Å². The molecule has 2 nitrogen and oxygen atoms in total. The van der Waals surface area contributed by atoms with Crippen molar-refractivity contribution < 1.29 is 17.6 Å². The maximum absolute atomic E-state index is 13.5. The molecule has 1 aromatic carbocycles. The Hall–Kier alpha value is -1.30. The third-order valence-electron chi connectivity index (χ3n) is 2.49. The highest BCUT2D eigenvalue weighted by atomic mass is 19.4. The molecule has 0 saturated heterocycles. The van der Waals surface area contributed by atoms with Gasteiger partial charge in [0.05, 0.1) is 11.6 Å². The summed E-state index contributed by atoms with van der Waals surface area (Å²) < 4.78 is 51.3. The van der Waals surface area contributed by atoms with Gasteiger partial charge in [0, 0.05) is 20.6 Å². The number of rotatable bonds is 3. The molecule has 0 aromatic heterocycles. The lowest BCUT2D eigenvalue weighted by Crippen LogP contribution is -2.28. The van der Waals surface area contributed by atoms with Crippen molar-refractivity contribution in [2.75, 3.05) is 25.5 Å². The lowest BCUT2D eigenvalue weighted by molar-refractivity contribution is -0.148. The Balaban J connectivity index is 3.12. The zero-order valence-corrected chi connectivity index (χ0v) is 9.55. The van der Waals surface area contributed by atoms with Gasteiger partial charge in [-0.25, -0.2) is 4.39 Å². The van der Waals surface area contributed by atoms with E-state index in [-0.39, 0.29) is 11.3 Å². The first-order valence-corrected chi connectivity index (χ1v) is 5.01. The SMILES string of the molecule is CN(C)c1ccc(C(CN)C(F)(F)F)cc1F. The second kappa shape index (κ2) is 4.91. The fourth-order valence-electron chi connectivity index (χ4n) is 1.56. The minimum atomic E-state index is -4.46. The highest BCUT2D eigenvalue weighted by Gasteiger charge is 2.39. The molecule has 0 aliphatic heterocycles. The summed E-state index contributed by atoms with van der Waals surface area (Å²) in [5.74, 6) is -2.51. The van der Waals surface area contributed by atoms with Crippen molar-refractivity contribution in [2.24, 2.45) is 5.73 Å². The van der Waals surface area contributed by atoms with Gasteiger partial charge in [-0.1, -0.05) is 6.07 Å². The van der Waals surface area contributed by atoms with Crippen molar-refractivity contribution in [3.63, 3.8) is 0 Å². The lowest BCUT2D eigenvalue weighted by Gasteiger charge is -2.20. The molecule has 0 spiro atoms. The third kappa shape index (κ3) is 3.09. The molecule has 1 atom stereocenters. The second-order valence-corrected chi connectivity index (χ2v) is 3.94. The van der Waals surface area contributed by atoms with Crippen LogP contribution in [0, 0.1) is 5.82 Å². The Kier molecular flexibility index (Phi) is 3.98. The maximum Gasteiger partial charge on any atom is 0.396 e. The first kappa shape index (κ1) is 13.8. The van der Waals surface area contributed by atoms with Crippen molar-refractivity contribution in [1.82, 2.24) is 0 Å². The molecule has 96 valence electrons. The van der Waals surface area contributed by atoms with Crippen LogP contribution in [-0.4, -0.2) is 26.8 Å². The molecule has 17 heavy (non-hydrogen) atoms. The normalized spacial score (nSPS) is 13.6. The molecule has 1 rings (SSSR count). The van der Waals surface area contributed by atoms with Crippen molar-refractivity contribution in [3.05, 3.63) is 29.6 Å². The van der Waals surface area contributed by atoms with E-state index in [1.54, 1.807) is 14.1 Å². The monoisotopic (exact) mass is 250 g/mol. The van der Waals surface area contributed by atoms with E-state index < -0.39 is 24.5 Å². The molecule has 0 bridgehead atoms. The van der Waals surface area contributed by atoms with Gasteiger partial charge in [-0.15, -0.1) is 0 Å². The number of nitrogens with zero attached hydrogens (tertiary/aromatic N) is 1. The second-order valence-electron chi connectivity index (χ2n) is 3.94. The molecule has 0 aliphatic rings. The summed E-state index contributed by atoms with van der Waals surface area (Å²) >= 11 is 0. The van der Waals surface area contributed by atoms with E-state index in [1.165, 1.54) is 17.0 Å². The average molecular weight is 250 g/mol. The summed E-state index contributed by atoms with van der Waals surface area (Å²) in [6, 6.07) is 3.46. The smallest absolute Gasteiger partial charge is 0.375 e. The predicted molar refractivity (Wildman–Crippen MR) is 58.6 cm³/mol. The maximum atomic E-state index is 13.5. The van der Waals surface area contributed by atoms with E-state index >= 15 is 0 Å². The third-order valence-corrected chi connectivity index (χ3v) is 2.49. The largest absolute Gasteiger partial charge is 0.396 e. The van der Waals surface area contributed by atoms with Crippen LogP contribution < -0.4 is 10.6 Å². The Morgan fingerprint density at radius 2 is 1.88 bits per heavy atom. The quantitative estimate of drug-likeness (QED) is 0.835. The number of alkyl halides is 3. The summed E-state index contributed by atoms with van der Waals surface area (Å²) in [4.78, 5) is 1.49. The molecule has 0 heterocycles. The van der Waals surface area contributed by atoms with Gasteiger partial charge < -0.3 is 10.6 Å². The zero-order chi connectivity index (χ0) is 13.2. The molecular formula is C11H14F4N2. The molecule has 0 fully saturated rings. The lowest BCUT2D eigenvalue weighted by atomic mass is 9.98.